The van der Waals surface area contributed by atoms with Crippen LogP contribution in [0.1, 0.15) is 28.8 Å². The van der Waals surface area contributed by atoms with Crippen molar-refractivity contribution in [3.63, 3.8) is 0 Å². The highest BCUT2D eigenvalue weighted by molar-refractivity contribution is 9.10. The molecular formula is C23H28BrClN4O2. The number of piperidine rings is 1. The molecule has 1 aliphatic heterocycles. The summed E-state index contributed by atoms with van der Waals surface area (Å²) in [5.41, 5.74) is 2.47. The number of hydrogen-bond acceptors (Lipinski definition) is 4. The Labute approximate surface area is 196 Å². The number of carbonyl (C=O) groups is 2. The lowest BCUT2D eigenvalue weighted by Crippen LogP contribution is -2.41. The Morgan fingerprint density at radius 2 is 1.81 bits per heavy atom. The molecule has 0 unspecified atom stereocenters. The standard InChI is InChI=1S/C23H28BrClN4O2/c1-26-21-7-4-18(24)12-20(21)23(31)28-14-22(30)27-13-16-8-10-29(11-9-16)15-17-2-5-19(25)6-3-17/h2-7,12,16,26H,8-11,13-15H2,1H3,(H,27,30)(H,28,31). The van der Waals surface area contributed by atoms with Crippen LogP contribution in [0.5, 0.6) is 0 Å². The second kappa shape index (κ2) is 11.5. The zero-order valence-electron chi connectivity index (χ0n) is 17.6. The summed E-state index contributed by atoms with van der Waals surface area (Å²) >= 11 is 9.32. The molecule has 8 heteroatoms. The van der Waals surface area contributed by atoms with E-state index in [0.717, 1.165) is 42.0 Å². The van der Waals surface area contributed by atoms with Gasteiger partial charge in [-0.1, -0.05) is 39.7 Å². The van der Waals surface area contributed by atoms with Crippen LogP contribution >= 0.6 is 27.5 Å². The molecule has 3 N–H and O–H groups in total. The van der Waals surface area contributed by atoms with Gasteiger partial charge in [-0.15, -0.1) is 0 Å². The molecule has 6 nitrogen and oxygen atoms in total. The van der Waals surface area contributed by atoms with Crippen molar-refractivity contribution >= 4 is 45.0 Å². The average Bonchev–Trinajstić information content (AvgIpc) is 2.78. The van der Waals surface area contributed by atoms with Crippen molar-refractivity contribution in [2.24, 2.45) is 5.92 Å². The topological polar surface area (TPSA) is 73.5 Å². The van der Waals surface area contributed by atoms with Gasteiger partial charge in [-0.25, -0.2) is 0 Å². The second-order valence-electron chi connectivity index (χ2n) is 7.77. The van der Waals surface area contributed by atoms with Gasteiger partial charge in [0.1, 0.15) is 0 Å². The summed E-state index contributed by atoms with van der Waals surface area (Å²) in [6.07, 6.45) is 2.09. The van der Waals surface area contributed by atoms with Gasteiger partial charge in [0.05, 0.1) is 12.1 Å². The Morgan fingerprint density at radius 1 is 1.10 bits per heavy atom. The van der Waals surface area contributed by atoms with Gasteiger partial charge in [0.25, 0.3) is 5.91 Å². The van der Waals surface area contributed by atoms with Crippen molar-refractivity contribution < 1.29 is 9.59 Å². The van der Waals surface area contributed by atoms with Gasteiger partial charge in [-0.05, 0) is 67.7 Å². The number of halogens is 2. The maximum absolute atomic E-state index is 12.4. The molecule has 0 saturated carbocycles. The Hall–Kier alpha value is -2.09. The van der Waals surface area contributed by atoms with E-state index in [1.807, 2.05) is 24.3 Å². The van der Waals surface area contributed by atoms with E-state index in [9.17, 15) is 9.59 Å². The van der Waals surface area contributed by atoms with Crippen molar-refractivity contribution in [3.05, 3.63) is 63.1 Å². The minimum absolute atomic E-state index is 0.0378. The van der Waals surface area contributed by atoms with E-state index in [4.69, 9.17) is 11.6 Å². The van der Waals surface area contributed by atoms with E-state index < -0.39 is 0 Å². The van der Waals surface area contributed by atoms with Gasteiger partial charge < -0.3 is 16.0 Å². The summed E-state index contributed by atoms with van der Waals surface area (Å²) in [4.78, 5) is 27.1. The molecule has 1 aliphatic rings. The molecule has 1 saturated heterocycles. The molecule has 3 rings (SSSR count). The highest BCUT2D eigenvalue weighted by Gasteiger charge is 2.20. The SMILES string of the molecule is CNc1ccc(Br)cc1C(=O)NCC(=O)NCC1CCN(Cc2ccc(Cl)cc2)CC1. The summed E-state index contributed by atoms with van der Waals surface area (Å²) in [7, 11) is 1.76. The predicted octanol–water partition coefficient (Wildman–Crippen LogP) is 3.90. The largest absolute Gasteiger partial charge is 0.387 e. The predicted molar refractivity (Wildman–Crippen MR) is 128 cm³/mol. The van der Waals surface area contributed by atoms with Crippen LogP contribution < -0.4 is 16.0 Å². The Bertz CT molecular complexity index is 899. The summed E-state index contributed by atoms with van der Waals surface area (Å²) in [5.74, 6) is 0.0105. The summed E-state index contributed by atoms with van der Waals surface area (Å²) in [5, 5.41) is 9.40. The Kier molecular flexibility index (Phi) is 8.75. The van der Waals surface area contributed by atoms with Crippen molar-refractivity contribution in [2.75, 3.05) is 38.5 Å². The summed E-state index contributed by atoms with van der Waals surface area (Å²) in [6, 6.07) is 13.4. The van der Waals surface area contributed by atoms with Gasteiger partial charge in [-0.2, -0.15) is 0 Å². The maximum Gasteiger partial charge on any atom is 0.253 e. The van der Waals surface area contributed by atoms with Crippen LogP contribution in [0.25, 0.3) is 0 Å². The number of likely N-dealkylation sites (tertiary alicyclic amines) is 1. The Balaban J connectivity index is 1.36. The molecule has 0 aromatic heterocycles. The summed E-state index contributed by atoms with van der Waals surface area (Å²) in [6.45, 7) is 3.55. The number of amides is 2. The van der Waals surface area contributed by atoms with E-state index in [1.165, 1.54) is 5.56 Å². The number of hydrogen-bond donors (Lipinski definition) is 3. The molecule has 2 aromatic carbocycles. The van der Waals surface area contributed by atoms with E-state index in [2.05, 4.69) is 48.9 Å². The zero-order valence-corrected chi connectivity index (χ0v) is 19.9. The molecule has 0 radical (unpaired) electrons. The number of benzene rings is 2. The van der Waals surface area contributed by atoms with E-state index in [0.29, 0.717) is 23.7 Å². The number of carbonyl (C=O) groups excluding carboxylic acids is 2. The van der Waals surface area contributed by atoms with Crippen LogP contribution in [0.4, 0.5) is 5.69 Å². The molecule has 0 spiro atoms. The quantitative estimate of drug-likeness (QED) is 0.507. The first-order chi connectivity index (χ1) is 14.9. The molecule has 166 valence electrons. The van der Waals surface area contributed by atoms with Crippen LogP contribution in [-0.4, -0.2) is 49.9 Å². The lowest BCUT2D eigenvalue weighted by atomic mass is 9.96. The third-order valence-electron chi connectivity index (χ3n) is 5.52. The van der Waals surface area contributed by atoms with Gasteiger partial charge in [0.15, 0.2) is 0 Å². The number of nitrogens with one attached hydrogen (secondary N) is 3. The van der Waals surface area contributed by atoms with Crippen LogP contribution in [0.3, 0.4) is 0 Å². The number of nitrogens with zero attached hydrogens (tertiary/aromatic N) is 1. The van der Waals surface area contributed by atoms with Gasteiger partial charge in [0, 0.05) is 35.3 Å². The molecule has 2 amide bonds. The smallest absolute Gasteiger partial charge is 0.253 e. The molecular weight excluding hydrogens is 480 g/mol. The van der Waals surface area contributed by atoms with Gasteiger partial charge in [0.2, 0.25) is 5.91 Å². The molecule has 0 atom stereocenters. The van der Waals surface area contributed by atoms with Gasteiger partial charge in [-0.3, -0.25) is 14.5 Å². The normalized spacial score (nSPS) is 14.8. The maximum atomic E-state index is 12.4. The van der Waals surface area contributed by atoms with Crippen molar-refractivity contribution in [1.29, 1.82) is 0 Å². The van der Waals surface area contributed by atoms with Gasteiger partial charge >= 0.3 is 0 Å². The van der Waals surface area contributed by atoms with Crippen LogP contribution in [-0.2, 0) is 11.3 Å². The van der Waals surface area contributed by atoms with E-state index in [1.54, 1.807) is 13.1 Å². The first-order valence-electron chi connectivity index (χ1n) is 10.4. The van der Waals surface area contributed by atoms with E-state index in [-0.39, 0.29) is 18.4 Å². The first-order valence-corrected chi connectivity index (χ1v) is 11.6. The van der Waals surface area contributed by atoms with Crippen molar-refractivity contribution in [1.82, 2.24) is 15.5 Å². The van der Waals surface area contributed by atoms with Crippen molar-refractivity contribution in [2.45, 2.75) is 19.4 Å². The highest BCUT2D eigenvalue weighted by Crippen LogP contribution is 2.21. The minimum Gasteiger partial charge on any atom is -0.387 e. The molecule has 0 aliphatic carbocycles. The third kappa shape index (κ3) is 7.23. The fourth-order valence-electron chi connectivity index (χ4n) is 3.70. The third-order valence-corrected chi connectivity index (χ3v) is 6.26. The molecule has 31 heavy (non-hydrogen) atoms. The second-order valence-corrected chi connectivity index (χ2v) is 9.12. The Morgan fingerprint density at radius 3 is 2.48 bits per heavy atom. The lowest BCUT2D eigenvalue weighted by molar-refractivity contribution is -0.120. The first kappa shape index (κ1) is 23.6. The van der Waals surface area contributed by atoms with Crippen molar-refractivity contribution in [3.8, 4) is 0 Å². The highest BCUT2D eigenvalue weighted by atomic mass is 79.9. The fourth-order valence-corrected chi connectivity index (χ4v) is 4.18. The molecule has 0 bridgehead atoms. The monoisotopic (exact) mass is 506 g/mol. The molecule has 1 heterocycles. The summed E-state index contributed by atoms with van der Waals surface area (Å²) < 4.78 is 0.809. The van der Waals surface area contributed by atoms with E-state index >= 15 is 0 Å². The van der Waals surface area contributed by atoms with Crippen LogP contribution in [0, 0.1) is 5.92 Å². The fraction of sp³-hybridized carbons (Fsp3) is 0.391. The van der Waals surface area contributed by atoms with Crippen LogP contribution in [0.15, 0.2) is 46.9 Å². The zero-order chi connectivity index (χ0) is 22.2. The molecule has 2 aromatic rings. The molecule has 1 fully saturated rings. The number of anilines is 1. The van der Waals surface area contributed by atoms with Crippen LogP contribution in [0.2, 0.25) is 5.02 Å². The lowest BCUT2D eigenvalue weighted by Gasteiger charge is -2.32. The number of rotatable bonds is 8. The average molecular weight is 508 g/mol. The minimum atomic E-state index is -0.281.